The van der Waals surface area contributed by atoms with E-state index in [-0.39, 0.29) is 42.6 Å². The third-order valence-corrected chi connectivity index (χ3v) is 4.82. The molecule has 132 valence electrons. The van der Waals surface area contributed by atoms with Crippen molar-refractivity contribution in [1.82, 2.24) is 15.6 Å². The Hall–Kier alpha value is -1.21. The average molecular weight is 392 g/mol. The van der Waals surface area contributed by atoms with Crippen molar-refractivity contribution in [1.29, 1.82) is 0 Å². The third-order valence-electron chi connectivity index (χ3n) is 3.94. The van der Waals surface area contributed by atoms with E-state index < -0.39 is 0 Å². The predicted octanol–water partition coefficient (Wildman–Crippen LogP) is 3.52. The topological polar surface area (TPSA) is 54.0 Å². The fraction of sp³-hybridized carbons (Fsp3) is 0.375. The molecule has 2 unspecified atom stereocenters. The number of halogens is 3. The number of carbonyl (C=O) groups excluding carboxylic acids is 1. The Balaban J connectivity index is 0.00000144. The van der Waals surface area contributed by atoms with Crippen molar-refractivity contribution in [3.8, 4) is 10.6 Å². The lowest BCUT2D eigenvalue weighted by atomic mass is 9.95. The van der Waals surface area contributed by atoms with Crippen LogP contribution in [-0.2, 0) is 0 Å². The van der Waals surface area contributed by atoms with Crippen LogP contribution in [0.2, 0.25) is 0 Å². The minimum Gasteiger partial charge on any atom is -0.348 e. The number of benzene rings is 1. The molecule has 0 spiro atoms. The number of hydrogen-bond acceptors (Lipinski definition) is 4. The molecule has 1 amide bonds. The Morgan fingerprint density at radius 2 is 2.12 bits per heavy atom. The molecule has 8 heteroatoms. The standard InChI is InChI=1S/C16H18FN3OS.2ClH/c1-10-8-18-7-6-13(10)19-15(21)14-9-22-16(20-14)11-4-2-3-5-12(11)17;;/h2-5,9-10,13,18H,6-8H2,1H3,(H,19,21);2*1H. The Kier molecular flexibility index (Phi) is 8.09. The first kappa shape index (κ1) is 20.8. The second-order valence-electron chi connectivity index (χ2n) is 5.57. The SMILES string of the molecule is CC1CNCCC1NC(=O)c1csc(-c2ccccc2F)n1.Cl.Cl. The number of nitrogens with one attached hydrogen (secondary N) is 2. The van der Waals surface area contributed by atoms with Gasteiger partial charge in [0.25, 0.3) is 5.91 Å². The maximum absolute atomic E-state index is 13.8. The largest absolute Gasteiger partial charge is 0.348 e. The molecule has 1 aromatic carbocycles. The number of hydrogen-bond donors (Lipinski definition) is 2. The van der Waals surface area contributed by atoms with E-state index in [1.54, 1.807) is 23.6 Å². The van der Waals surface area contributed by atoms with Crippen LogP contribution in [-0.4, -0.2) is 30.0 Å². The van der Waals surface area contributed by atoms with Crippen LogP contribution >= 0.6 is 36.2 Å². The minimum atomic E-state index is -0.323. The monoisotopic (exact) mass is 391 g/mol. The van der Waals surface area contributed by atoms with Crippen LogP contribution < -0.4 is 10.6 Å². The maximum Gasteiger partial charge on any atom is 0.271 e. The molecule has 3 rings (SSSR count). The van der Waals surface area contributed by atoms with Crippen molar-refractivity contribution in [2.75, 3.05) is 13.1 Å². The second-order valence-corrected chi connectivity index (χ2v) is 6.43. The van der Waals surface area contributed by atoms with Gasteiger partial charge in [-0.3, -0.25) is 4.79 Å². The summed E-state index contributed by atoms with van der Waals surface area (Å²) in [5, 5.41) is 8.55. The first-order valence-corrected chi connectivity index (χ1v) is 8.25. The highest BCUT2D eigenvalue weighted by atomic mass is 35.5. The molecule has 1 fully saturated rings. The minimum absolute atomic E-state index is 0. The van der Waals surface area contributed by atoms with Crippen LogP contribution in [0.5, 0.6) is 0 Å². The van der Waals surface area contributed by atoms with Gasteiger partial charge in [-0.25, -0.2) is 9.37 Å². The van der Waals surface area contributed by atoms with Crippen molar-refractivity contribution in [3.05, 3.63) is 41.2 Å². The number of nitrogens with zero attached hydrogens (tertiary/aromatic N) is 1. The van der Waals surface area contributed by atoms with Gasteiger partial charge in [-0.15, -0.1) is 36.2 Å². The molecule has 1 aromatic heterocycles. The van der Waals surface area contributed by atoms with Gasteiger partial charge in [0.2, 0.25) is 0 Å². The first-order chi connectivity index (χ1) is 10.6. The molecule has 2 aromatic rings. The van der Waals surface area contributed by atoms with Crippen LogP contribution in [0.3, 0.4) is 0 Å². The lowest BCUT2D eigenvalue weighted by Gasteiger charge is -2.29. The number of amides is 1. The summed E-state index contributed by atoms with van der Waals surface area (Å²) < 4.78 is 13.8. The van der Waals surface area contributed by atoms with Crippen molar-refractivity contribution < 1.29 is 9.18 Å². The van der Waals surface area contributed by atoms with Gasteiger partial charge in [0.15, 0.2) is 0 Å². The van der Waals surface area contributed by atoms with Crippen molar-refractivity contribution in [3.63, 3.8) is 0 Å². The first-order valence-electron chi connectivity index (χ1n) is 7.37. The van der Waals surface area contributed by atoms with Gasteiger partial charge in [0.05, 0.1) is 0 Å². The number of rotatable bonds is 3. The molecule has 1 aliphatic heterocycles. The van der Waals surface area contributed by atoms with Crippen LogP contribution in [0.25, 0.3) is 10.6 Å². The Morgan fingerprint density at radius 3 is 2.83 bits per heavy atom. The second kappa shape index (κ2) is 9.32. The molecular formula is C16H20Cl2FN3OS. The predicted molar refractivity (Wildman–Crippen MR) is 99.9 cm³/mol. The number of aromatic nitrogens is 1. The summed E-state index contributed by atoms with van der Waals surface area (Å²) in [7, 11) is 0. The summed E-state index contributed by atoms with van der Waals surface area (Å²) >= 11 is 1.28. The normalized spacial score (nSPS) is 19.8. The Morgan fingerprint density at radius 1 is 1.38 bits per heavy atom. The average Bonchev–Trinajstić information content (AvgIpc) is 3.00. The molecule has 2 heterocycles. The summed E-state index contributed by atoms with van der Waals surface area (Å²) in [6, 6.07) is 6.62. The van der Waals surface area contributed by atoms with Gasteiger partial charge in [0, 0.05) is 17.0 Å². The Labute approximate surface area is 157 Å². The van der Waals surface area contributed by atoms with Crippen molar-refractivity contribution >= 4 is 42.1 Å². The number of thiazole rings is 1. The smallest absolute Gasteiger partial charge is 0.271 e. The van der Waals surface area contributed by atoms with Gasteiger partial charge in [-0.1, -0.05) is 19.1 Å². The highest BCUT2D eigenvalue weighted by Crippen LogP contribution is 2.26. The van der Waals surface area contributed by atoms with Gasteiger partial charge < -0.3 is 10.6 Å². The third kappa shape index (κ3) is 4.66. The fourth-order valence-corrected chi connectivity index (χ4v) is 3.43. The van der Waals surface area contributed by atoms with Crippen LogP contribution in [0, 0.1) is 11.7 Å². The molecule has 1 saturated heterocycles. The molecule has 0 saturated carbocycles. The van der Waals surface area contributed by atoms with E-state index in [1.165, 1.54) is 17.4 Å². The van der Waals surface area contributed by atoms with E-state index in [4.69, 9.17) is 0 Å². The zero-order valence-electron chi connectivity index (χ0n) is 13.1. The molecule has 24 heavy (non-hydrogen) atoms. The number of piperidine rings is 1. The summed E-state index contributed by atoms with van der Waals surface area (Å²) in [5.74, 6) is -0.115. The van der Waals surface area contributed by atoms with Gasteiger partial charge >= 0.3 is 0 Å². The van der Waals surface area contributed by atoms with Crippen LogP contribution in [0.15, 0.2) is 29.6 Å². The van der Waals surface area contributed by atoms with Crippen molar-refractivity contribution in [2.45, 2.75) is 19.4 Å². The molecule has 2 atom stereocenters. The fourth-order valence-electron chi connectivity index (χ4n) is 2.61. The maximum atomic E-state index is 13.8. The van der Waals surface area contributed by atoms with Crippen molar-refractivity contribution in [2.24, 2.45) is 5.92 Å². The van der Waals surface area contributed by atoms with Crippen LogP contribution in [0.1, 0.15) is 23.8 Å². The summed E-state index contributed by atoms with van der Waals surface area (Å²) in [6.07, 6.45) is 0.914. The summed E-state index contributed by atoms with van der Waals surface area (Å²) in [5.41, 5.74) is 0.788. The van der Waals surface area contributed by atoms with Gasteiger partial charge in [-0.05, 0) is 37.6 Å². The zero-order chi connectivity index (χ0) is 15.5. The molecule has 2 N–H and O–H groups in total. The van der Waals surface area contributed by atoms with Gasteiger partial charge in [-0.2, -0.15) is 0 Å². The van der Waals surface area contributed by atoms with E-state index in [2.05, 4.69) is 22.5 Å². The number of carbonyl (C=O) groups is 1. The van der Waals surface area contributed by atoms with Crippen LogP contribution in [0.4, 0.5) is 4.39 Å². The van der Waals surface area contributed by atoms with E-state index in [0.29, 0.717) is 22.2 Å². The lowest BCUT2D eigenvalue weighted by Crippen LogP contribution is -2.48. The van der Waals surface area contributed by atoms with Gasteiger partial charge in [0.1, 0.15) is 16.5 Å². The quantitative estimate of drug-likeness (QED) is 0.841. The van der Waals surface area contributed by atoms with E-state index >= 15 is 0 Å². The van der Waals surface area contributed by atoms with E-state index in [0.717, 1.165) is 19.5 Å². The molecule has 0 bridgehead atoms. The highest BCUT2D eigenvalue weighted by Gasteiger charge is 2.24. The highest BCUT2D eigenvalue weighted by molar-refractivity contribution is 7.13. The molecular weight excluding hydrogens is 372 g/mol. The molecule has 0 radical (unpaired) electrons. The molecule has 1 aliphatic rings. The molecule has 4 nitrogen and oxygen atoms in total. The summed E-state index contributed by atoms with van der Waals surface area (Å²) in [6.45, 7) is 3.93. The van der Waals surface area contributed by atoms with E-state index in [9.17, 15) is 9.18 Å². The zero-order valence-corrected chi connectivity index (χ0v) is 15.6. The van der Waals surface area contributed by atoms with E-state index in [1.807, 2.05) is 0 Å². The Bertz CT molecular complexity index is 683. The lowest BCUT2D eigenvalue weighted by molar-refractivity contribution is 0.0910. The molecule has 0 aliphatic carbocycles. The summed E-state index contributed by atoms with van der Waals surface area (Å²) in [4.78, 5) is 16.6.